The SMILES string of the molecule is CCCC1CCC(c2ncc(C(=O)O)c(C(F)F)n2)CC1. The molecule has 1 heterocycles. The number of carbonyl (C=O) groups is 1. The van der Waals surface area contributed by atoms with Crippen LogP contribution in [0.1, 0.15) is 79.7 Å². The summed E-state index contributed by atoms with van der Waals surface area (Å²) >= 11 is 0. The van der Waals surface area contributed by atoms with Gasteiger partial charge in [0.15, 0.2) is 0 Å². The minimum Gasteiger partial charge on any atom is -0.478 e. The van der Waals surface area contributed by atoms with Crippen molar-refractivity contribution in [1.29, 1.82) is 0 Å². The normalized spacial score (nSPS) is 22.5. The highest BCUT2D eigenvalue weighted by molar-refractivity contribution is 5.88. The van der Waals surface area contributed by atoms with Gasteiger partial charge in [0.2, 0.25) is 0 Å². The maximum absolute atomic E-state index is 12.9. The van der Waals surface area contributed by atoms with Crippen molar-refractivity contribution in [2.45, 2.75) is 57.8 Å². The van der Waals surface area contributed by atoms with Gasteiger partial charge in [0.1, 0.15) is 17.1 Å². The van der Waals surface area contributed by atoms with Crippen molar-refractivity contribution in [3.05, 3.63) is 23.3 Å². The van der Waals surface area contributed by atoms with Gasteiger partial charge in [0.05, 0.1) is 0 Å². The molecule has 0 aromatic carbocycles. The molecular weight excluding hydrogens is 278 g/mol. The molecule has 0 radical (unpaired) electrons. The number of aromatic nitrogens is 2. The van der Waals surface area contributed by atoms with Gasteiger partial charge in [-0.3, -0.25) is 0 Å². The first-order valence-electron chi connectivity index (χ1n) is 7.41. The van der Waals surface area contributed by atoms with Crippen LogP contribution in [0.25, 0.3) is 0 Å². The van der Waals surface area contributed by atoms with Crippen LogP contribution in [-0.2, 0) is 0 Å². The van der Waals surface area contributed by atoms with Crippen molar-refractivity contribution < 1.29 is 18.7 Å². The van der Waals surface area contributed by atoms with E-state index in [2.05, 4.69) is 16.9 Å². The summed E-state index contributed by atoms with van der Waals surface area (Å²) in [7, 11) is 0. The van der Waals surface area contributed by atoms with Crippen molar-refractivity contribution in [2.75, 3.05) is 0 Å². The standard InChI is InChI=1S/C15H20F2N2O2/c1-2-3-9-4-6-10(7-5-9)14-18-8-11(15(20)21)12(19-14)13(16)17/h8-10,13H,2-7H2,1H3,(H,20,21). The second-order valence-electron chi connectivity index (χ2n) is 5.64. The minimum atomic E-state index is -2.89. The van der Waals surface area contributed by atoms with Crippen LogP contribution in [-0.4, -0.2) is 21.0 Å². The first-order valence-corrected chi connectivity index (χ1v) is 7.41. The van der Waals surface area contributed by atoms with Gasteiger partial charge in [-0.15, -0.1) is 0 Å². The van der Waals surface area contributed by atoms with Crippen molar-refractivity contribution in [1.82, 2.24) is 9.97 Å². The molecule has 1 fully saturated rings. The Bertz CT molecular complexity index is 500. The molecule has 1 aliphatic rings. The lowest BCUT2D eigenvalue weighted by atomic mass is 9.80. The molecule has 0 saturated heterocycles. The monoisotopic (exact) mass is 298 g/mol. The zero-order valence-corrected chi connectivity index (χ0v) is 12.1. The van der Waals surface area contributed by atoms with Crippen molar-refractivity contribution in [2.24, 2.45) is 5.92 Å². The molecule has 116 valence electrons. The Morgan fingerprint density at radius 3 is 2.57 bits per heavy atom. The van der Waals surface area contributed by atoms with E-state index in [0.717, 1.165) is 38.3 Å². The number of nitrogens with zero attached hydrogens (tertiary/aromatic N) is 2. The molecule has 21 heavy (non-hydrogen) atoms. The highest BCUT2D eigenvalue weighted by Crippen LogP contribution is 2.36. The number of hydrogen-bond acceptors (Lipinski definition) is 3. The molecule has 0 amide bonds. The lowest BCUT2D eigenvalue weighted by Crippen LogP contribution is -2.17. The van der Waals surface area contributed by atoms with Crippen LogP contribution in [0.2, 0.25) is 0 Å². The summed E-state index contributed by atoms with van der Waals surface area (Å²) in [6.45, 7) is 2.16. The molecule has 0 bridgehead atoms. The molecule has 1 aromatic rings. The quantitative estimate of drug-likeness (QED) is 0.885. The number of hydrogen-bond donors (Lipinski definition) is 1. The maximum atomic E-state index is 12.9. The van der Waals surface area contributed by atoms with Crippen LogP contribution >= 0.6 is 0 Å². The lowest BCUT2D eigenvalue weighted by molar-refractivity contribution is 0.0681. The predicted octanol–water partition coefficient (Wildman–Crippen LogP) is 4.19. The molecule has 0 atom stereocenters. The van der Waals surface area contributed by atoms with E-state index in [-0.39, 0.29) is 5.92 Å². The fourth-order valence-electron chi connectivity index (χ4n) is 3.05. The van der Waals surface area contributed by atoms with Crippen molar-refractivity contribution in [3.8, 4) is 0 Å². The summed E-state index contributed by atoms with van der Waals surface area (Å²) in [4.78, 5) is 18.8. The van der Waals surface area contributed by atoms with Gasteiger partial charge in [-0.1, -0.05) is 19.8 Å². The fraction of sp³-hybridized carbons (Fsp3) is 0.667. The van der Waals surface area contributed by atoms with Gasteiger partial charge in [0.25, 0.3) is 6.43 Å². The number of rotatable bonds is 5. The van der Waals surface area contributed by atoms with E-state index in [0.29, 0.717) is 11.7 Å². The second-order valence-corrected chi connectivity index (χ2v) is 5.64. The Kier molecular flexibility index (Phi) is 5.20. The van der Waals surface area contributed by atoms with Gasteiger partial charge in [-0.05, 0) is 31.6 Å². The minimum absolute atomic E-state index is 0.0680. The average Bonchev–Trinajstić information content (AvgIpc) is 2.47. The molecule has 6 heteroatoms. The van der Waals surface area contributed by atoms with Gasteiger partial charge in [-0.2, -0.15) is 0 Å². The van der Waals surface area contributed by atoms with E-state index in [1.54, 1.807) is 0 Å². The zero-order valence-electron chi connectivity index (χ0n) is 12.1. The maximum Gasteiger partial charge on any atom is 0.339 e. The van der Waals surface area contributed by atoms with Gasteiger partial charge in [0, 0.05) is 12.1 Å². The third-order valence-electron chi connectivity index (χ3n) is 4.18. The number of aromatic carboxylic acids is 1. The molecule has 0 aliphatic heterocycles. The van der Waals surface area contributed by atoms with Crippen LogP contribution in [0.5, 0.6) is 0 Å². The average molecular weight is 298 g/mol. The molecule has 4 nitrogen and oxygen atoms in total. The third-order valence-corrected chi connectivity index (χ3v) is 4.18. The Morgan fingerprint density at radius 2 is 2.05 bits per heavy atom. The van der Waals surface area contributed by atoms with Crippen molar-refractivity contribution >= 4 is 5.97 Å². The van der Waals surface area contributed by atoms with Crippen molar-refractivity contribution in [3.63, 3.8) is 0 Å². The first-order chi connectivity index (χ1) is 10.0. The Labute approximate surface area is 122 Å². The third kappa shape index (κ3) is 3.74. The molecule has 2 rings (SSSR count). The van der Waals surface area contributed by atoms with Gasteiger partial charge < -0.3 is 5.11 Å². The summed E-state index contributed by atoms with van der Waals surface area (Å²) < 4.78 is 25.9. The molecule has 1 N–H and O–H groups in total. The highest BCUT2D eigenvalue weighted by Gasteiger charge is 2.27. The van der Waals surface area contributed by atoms with Gasteiger partial charge in [-0.25, -0.2) is 23.5 Å². The summed E-state index contributed by atoms with van der Waals surface area (Å²) in [5.74, 6) is -0.272. The first kappa shape index (κ1) is 15.8. The Morgan fingerprint density at radius 1 is 1.38 bits per heavy atom. The van der Waals surface area contributed by atoms with Crippen LogP contribution in [0.3, 0.4) is 0 Å². The lowest BCUT2D eigenvalue weighted by Gasteiger charge is -2.27. The smallest absolute Gasteiger partial charge is 0.339 e. The van der Waals surface area contributed by atoms with Crippen LogP contribution in [0, 0.1) is 5.92 Å². The van der Waals surface area contributed by atoms with Crippen LogP contribution < -0.4 is 0 Å². The number of carboxylic acids is 1. The summed E-state index contributed by atoms with van der Waals surface area (Å²) in [5.41, 5.74) is -1.17. The molecule has 1 aromatic heterocycles. The predicted molar refractivity (Wildman–Crippen MR) is 73.6 cm³/mol. The molecule has 0 spiro atoms. The van der Waals surface area contributed by atoms with E-state index in [1.807, 2.05) is 0 Å². The zero-order chi connectivity index (χ0) is 15.4. The van der Waals surface area contributed by atoms with Crippen LogP contribution in [0.4, 0.5) is 8.78 Å². The van der Waals surface area contributed by atoms with E-state index in [9.17, 15) is 13.6 Å². The largest absolute Gasteiger partial charge is 0.478 e. The fourth-order valence-corrected chi connectivity index (χ4v) is 3.05. The second kappa shape index (κ2) is 6.91. The van der Waals surface area contributed by atoms with E-state index < -0.39 is 23.7 Å². The summed E-state index contributed by atoms with van der Waals surface area (Å²) in [5, 5.41) is 8.90. The Hall–Kier alpha value is -1.59. The summed E-state index contributed by atoms with van der Waals surface area (Å²) in [6.07, 6.45) is 4.39. The molecular formula is C15H20F2N2O2. The van der Waals surface area contributed by atoms with E-state index >= 15 is 0 Å². The topological polar surface area (TPSA) is 63.1 Å². The molecule has 1 aliphatic carbocycles. The highest BCUT2D eigenvalue weighted by atomic mass is 19.3. The number of alkyl halides is 2. The number of halogens is 2. The van der Waals surface area contributed by atoms with E-state index in [1.165, 1.54) is 6.42 Å². The van der Waals surface area contributed by atoms with E-state index in [4.69, 9.17) is 5.11 Å². The molecule has 1 saturated carbocycles. The summed E-state index contributed by atoms with van der Waals surface area (Å²) in [6, 6.07) is 0. The molecule has 0 unspecified atom stereocenters. The van der Waals surface area contributed by atoms with Gasteiger partial charge >= 0.3 is 5.97 Å². The Balaban J connectivity index is 2.14. The van der Waals surface area contributed by atoms with Crippen LogP contribution in [0.15, 0.2) is 6.20 Å². The number of carboxylic acid groups (broad SMARTS) is 1.